The van der Waals surface area contributed by atoms with Crippen molar-refractivity contribution >= 4 is 5.91 Å². The molecule has 0 aliphatic carbocycles. The van der Waals surface area contributed by atoms with Gasteiger partial charge in [0.2, 0.25) is 5.91 Å². The van der Waals surface area contributed by atoms with Crippen molar-refractivity contribution in [3.8, 4) is 0 Å². The maximum atomic E-state index is 12.2. The Morgan fingerprint density at radius 2 is 2.10 bits per heavy atom. The van der Waals surface area contributed by atoms with E-state index in [0.29, 0.717) is 19.6 Å². The minimum absolute atomic E-state index is 0.0652. The van der Waals surface area contributed by atoms with Gasteiger partial charge in [0.1, 0.15) is 11.5 Å². The Morgan fingerprint density at radius 1 is 1.33 bits per heavy atom. The van der Waals surface area contributed by atoms with Crippen LogP contribution in [0.3, 0.4) is 0 Å². The monoisotopic (exact) mass is 290 g/mol. The van der Waals surface area contributed by atoms with Crippen LogP contribution in [0.2, 0.25) is 0 Å². The van der Waals surface area contributed by atoms with E-state index in [9.17, 15) is 4.79 Å². The van der Waals surface area contributed by atoms with Crippen LogP contribution in [0.1, 0.15) is 17.1 Å². The number of carbonyl (C=O) groups excluding carboxylic acids is 1. The predicted molar refractivity (Wildman–Crippen MR) is 79.5 cm³/mol. The first-order valence-corrected chi connectivity index (χ1v) is 6.89. The predicted octanol–water partition coefficient (Wildman–Crippen LogP) is 1.41. The molecule has 0 aromatic carbocycles. The topological polar surface area (TPSA) is 54.5 Å². The molecule has 0 N–H and O–H groups in total. The fraction of sp³-hybridized carbons (Fsp3) is 0.467. The van der Waals surface area contributed by atoms with Gasteiger partial charge in [-0.3, -0.25) is 14.4 Å². The van der Waals surface area contributed by atoms with Gasteiger partial charge in [-0.05, 0) is 26.1 Å². The molecule has 0 bridgehead atoms. The number of furan rings is 1. The molecule has 0 saturated heterocycles. The Balaban J connectivity index is 1.82. The van der Waals surface area contributed by atoms with Crippen LogP contribution in [0.25, 0.3) is 0 Å². The van der Waals surface area contributed by atoms with E-state index in [-0.39, 0.29) is 5.91 Å². The largest absolute Gasteiger partial charge is 0.464 e. The summed E-state index contributed by atoms with van der Waals surface area (Å²) in [5.74, 6) is 1.73. The molecule has 6 heteroatoms. The molecule has 114 valence electrons. The van der Waals surface area contributed by atoms with Gasteiger partial charge in [0.25, 0.3) is 0 Å². The number of hydrogen-bond acceptors (Lipinski definition) is 4. The summed E-state index contributed by atoms with van der Waals surface area (Å²) in [5.41, 5.74) is 1.09. The molecule has 6 nitrogen and oxygen atoms in total. The van der Waals surface area contributed by atoms with Crippen molar-refractivity contribution in [2.75, 3.05) is 20.6 Å². The number of aryl methyl sites for hydroxylation is 2. The van der Waals surface area contributed by atoms with Crippen molar-refractivity contribution in [1.82, 2.24) is 19.6 Å². The summed E-state index contributed by atoms with van der Waals surface area (Å²) < 4.78 is 7.25. The molecular weight excluding hydrogens is 268 g/mol. The summed E-state index contributed by atoms with van der Waals surface area (Å²) in [6, 6.07) is 3.81. The number of amides is 1. The number of carbonyl (C=O) groups is 1. The summed E-state index contributed by atoms with van der Waals surface area (Å²) in [6.45, 7) is 3.46. The van der Waals surface area contributed by atoms with Crippen molar-refractivity contribution in [1.29, 1.82) is 0 Å². The molecule has 0 fully saturated rings. The smallest absolute Gasteiger partial charge is 0.236 e. The van der Waals surface area contributed by atoms with Gasteiger partial charge < -0.3 is 9.32 Å². The van der Waals surface area contributed by atoms with Crippen LogP contribution in [-0.2, 0) is 24.9 Å². The molecule has 2 rings (SSSR count). The highest BCUT2D eigenvalue weighted by molar-refractivity contribution is 5.77. The molecule has 1 amide bonds. The molecule has 2 heterocycles. The third kappa shape index (κ3) is 4.46. The lowest BCUT2D eigenvalue weighted by Crippen LogP contribution is -2.35. The third-order valence-corrected chi connectivity index (χ3v) is 3.23. The van der Waals surface area contributed by atoms with Gasteiger partial charge >= 0.3 is 0 Å². The fourth-order valence-corrected chi connectivity index (χ4v) is 2.16. The average Bonchev–Trinajstić information content (AvgIpc) is 2.98. The van der Waals surface area contributed by atoms with Crippen LogP contribution >= 0.6 is 0 Å². The quantitative estimate of drug-likeness (QED) is 0.807. The minimum Gasteiger partial charge on any atom is -0.464 e. The van der Waals surface area contributed by atoms with E-state index in [1.165, 1.54) is 0 Å². The molecule has 2 aromatic heterocycles. The fourth-order valence-electron chi connectivity index (χ4n) is 2.16. The molecule has 2 aromatic rings. The molecule has 0 radical (unpaired) electrons. The zero-order chi connectivity index (χ0) is 15.4. The lowest BCUT2D eigenvalue weighted by molar-refractivity contribution is -0.131. The van der Waals surface area contributed by atoms with Gasteiger partial charge in [-0.15, -0.1) is 0 Å². The lowest BCUT2D eigenvalue weighted by Gasteiger charge is -2.20. The average molecular weight is 290 g/mol. The Bertz CT molecular complexity index is 602. The van der Waals surface area contributed by atoms with E-state index in [1.54, 1.807) is 16.6 Å². The highest BCUT2D eigenvalue weighted by Gasteiger charge is 2.14. The number of hydrogen-bond donors (Lipinski definition) is 0. The summed E-state index contributed by atoms with van der Waals surface area (Å²) in [6.07, 6.45) is 3.77. The Morgan fingerprint density at radius 3 is 2.67 bits per heavy atom. The van der Waals surface area contributed by atoms with Crippen LogP contribution in [0.5, 0.6) is 0 Å². The second kappa shape index (κ2) is 6.58. The van der Waals surface area contributed by atoms with E-state index >= 15 is 0 Å². The maximum absolute atomic E-state index is 12.2. The van der Waals surface area contributed by atoms with Gasteiger partial charge in [0.15, 0.2) is 0 Å². The molecule has 0 aliphatic rings. The summed E-state index contributed by atoms with van der Waals surface area (Å²) in [5, 5.41) is 4.12. The Hall–Kier alpha value is -2.08. The molecular formula is C15H22N4O2. The van der Waals surface area contributed by atoms with Crippen molar-refractivity contribution in [2.24, 2.45) is 7.05 Å². The lowest BCUT2D eigenvalue weighted by atomic mass is 10.3. The highest BCUT2D eigenvalue weighted by Crippen LogP contribution is 2.09. The van der Waals surface area contributed by atoms with Gasteiger partial charge in [0, 0.05) is 32.4 Å². The van der Waals surface area contributed by atoms with Gasteiger partial charge in [0.05, 0.1) is 19.3 Å². The first-order valence-electron chi connectivity index (χ1n) is 6.89. The number of rotatable bonds is 6. The van der Waals surface area contributed by atoms with Crippen LogP contribution in [0.4, 0.5) is 0 Å². The van der Waals surface area contributed by atoms with Crippen LogP contribution in [0, 0.1) is 6.92 Å². The van der Waals surface area contributed by atoms with E-state index < -0.39 is 0 Å². The minimum atomic E-state index is 0.0652. The van der Waals surface area contributed by atoms with E-state index in [0.717, 1.165) is 17.1 Å². The molecule has 0 spiro atoms. The summed E-state index contributed by atoms with van der Waals surface area (Å²) >= 11 is 0. The van der Waals surface area contributed by atoms with Crippen LogP contribution in [-0.4, -0.2) is 46.1 Å². The van der Waals surface area contributed by atoms with Gasteiger partial charge in [-0.2, -0.15) is 5.10 Å². The highest BCUT2D eigenvalue weighted by atomic mass is 16.3. The molecule has 0 aliphatic heterocycles. The van der Waals surface area contributed by atoms with Crippen molar-refractivity contribution in [3.05, 3.63) is 41.6 Å². The van der Waals surface area contributed by atoms with Crippen LogP contribution < -0.4 is 0 Å². The molecule has 21 heavy (non-hydrogen) atoms. The van der Waals surface area contributed by atoms with Crippen LogP contribution in [0.15, 0.2) is 28.9 Å². The zero-order valence-electron chi connectivity index (χ0n) is 13.0. The van der Waals surface area contributed by atoms with E-state index in [2.05, 4.69) is 5.10 Å². The normalized spacial score (nSPS) is 11.1. The SMILES string of the molecule is Cc1ccc(CN(C)C(=O)CN(C)Cc2cnn(C)c2)o1. The van der Waals surface area contributed by atoms with E-state index in [1.807, 2.05) is 50.4 Å². The Kier molecular flexibility index (Phi) is 4.80. The Labute approximate surface area is 124 Å². The standard InChI is InChI=1S/C15H22N4O2/c1-12-5-6-14(21-12)10-18(3)15(20)11-17(2)8-13-7-16-19(4)9-13/h5-7,9H,8,10-11H2,1-4H3. The number of aromatic nitrogens is 2. The molecule has 0 unspecified atom stereocenters. The van der Waals surface area contributed by atoms with Crippen molar-refractivity contribution in [2.45, 2.75) is 20.0 Å². The molecule has 0 saturated carbocycles. The van der Waals surface area contributed by atoms with Gasteiger partial charge in [-0.1, -0.05) is 0 Å². The number of nitrogens with zero attached hydrogens (tertiary/aromatic N) is 4. The van der Waals surface area contributed by atoms with E-state index in [4.69, 9.17) is 4.42 Å². The zero-order valence-corrected chi connectivity index (χ0v) is 13.0. The van der Waals surface area contributed by atoms with Gasteiger partial charge in [-0.25, -0.2) is 0 Å². The second-order valence-electron chi connectivity index (χ2n) is 5.46. The second-order valence-corrected chi connectivity index (χ2v) is 5.46. The summed E-state index contributed by atoms with van der Waals surface area (Å²) in [7, 11) is 5.60. The first kappa shape index (κ1) is 15.3. The molecule has 0 atom stereocenters. The van der Waals surface area contributed by atoms with Crippen molar-refractivity contribution in [3.63, 3.8) is 0 Å². The summed E-state index contributed by atoms with van der Waals surface area (Å²) in [4.78, 5) is 15.8. The first-order chi connectivity index (χ1) is 9.94. The third-order valence-electron chi connectivity index (χ3n) is 3.23. The maximum Gasteiger partial charge on any atom is 0.236 e. The number of likely N-dealkylation sites (N-methyl/N-ethyl adjacent to an activating group) is 2. The van der Waals surface area contributed by atoms with Crippen molar-refractivity contribution < 1.29 is 9.21 Å².